The van der Waals surface area contributed by atoms with Crippen molar-refractivity contribution < 1.29 is 9.13 Å². The Morgan fingerprint density at radius 3 is 2.81 bits per heavy atom. The molecule has 0 radical (unpaired) electrons. The monoisotopic (exact) mass is 369 g/mol. The highest BCUT2D eigenvalue weighted by molar-refractivity contribution is 6.00. The van der Waals surface area contributed by atoms with Gasteiger partial charge in [-0.05, 0) is 37.0 Å². The van der Waals surface area contributed by atoms with Gasteiger partial charge in [-0.2, -0.15) is 0 Å². The summed E-state index contributed by atoms with van der Waals surface area (Å²) in [5.74, 6) is -0.0575. The molecular weight excluding hydrogens is 345 g/mol. The van der Waals surface area contributed by atoms with Crippen molar-refractivity contribution in [3.05, 3.63) is 36.5 Å². The molecular formula is C20H24FN5O. The van der Waals surface area contributed by atoms with Gasteiger partial charge < -0.3 is 20.8 Å². The molecule has 0 aliphatic heterocycles. The zero-order valence-corrected chi connectivity index (χ0v) is 15.4. The summed E-state index contributed by atoms with van der Waals surface area (Å²) in [7, 11) is 0. The van der Waals surface area contributed by atoms with E-state index in [-0.39, 0.29) is 11.8 Å². The molecule has 142 valence electrons. The summed E-state index contributed by atoms with van der Waals surface area (Å²) in [5.41, 5.74) is 14.2. The van der Waals surface area contributed by atoms with Crippen LogP contribution in [0.5, 0.6) is 0 Å². The number of halogens is 1. The molecule has 2 heterocycles. The van der Waals surface area contributed by atoms with Crippen molar-refractivity contribution in [2.45, 2.75) is 44.8 Å². The van der Waals surface area contributed by atoms with Gasteiger partial charge in [0.2, 0.25) is 0 Å². The lowest BCUT2D eigenvalue weighted by atomic mass is 9.89. The lowest BCUT2D eigenvalue weighted by Gasteiger charge is -2.36. The number of anilines is 2. The molecule has 1 saturated carbocycles. The number of unbranched alkanes of at least 4 members (excludes halogenated alkanes) is 1. The predicted molar refractivity (Wildman–Crippen MR) is 105 cm³/mol. The first-order valence-corrected chi connectivity index (χ1v) is 9.36. The van der Waals surface area contributed by atoms with Gasteiger partial charge in [-0.1, -0.05) is 19.4 Å². The van der Waals surface area contributed by atoms with Gasteiger partial charge in [-0.15, -0.1) is 0 Å². The molecule has 1 aliphatic carbocycles. The number of nitrogens with two attached hydrogens (primary N) is 2. The predicted octanol–water partition coefficient (Wildman–Crippen LogP) is 3.92. The minimum atomic E-state index is -0.447. The Labute approximate surface area is 157 Å². The van der Waals surface area contributed by atoms with Gasteiger partial charge in [0.15, 0.2) is 0 Å². The fraction of sp³-hybridized carbons (Fsp3) is 0.400. The summed E-state index contributed by atoms with van der Waals surface area (Å²) in [6.07, 6.45) is 7.85. The fourth-order valence-electron chi connectivity index (χ4n) is 3.60. The van der Waals surface area contributed by atoms with Crippen molar-refractivity contribution in [1.29, 1.82) is 0 Å². The molecule has 1 aliphatic rings. The Hall–Kier alpha value is -2.67. The molecule has 0 atom stereocenters. The van der Waals surface area contributed by atoms with Crippen LogP contribution < -0.4 is 11.5 Å². The van der Waals surface area contributed by atoms with Gasteiger partial charge in [-0.3, -0.25) is 0 Å². The van der Waals surface area contributed by atoms with Crippen molar-refractivity contribution in [3.63, 3.8) is 0 Å². The van der Waals surface area contributed by atoms with Crippen molar-refractivity contribution in [1.82, 2.24) is 14.5 Å². The van der Waals surface area contributed by atoms with Crippen LogP contribution in [0.15, 0.2) is 30.7 Å². The standard InChI is InChI=1S/C20H24FN5O/c1-2-3-6-27-14-8-13(9-14)26-10-15(12-4-5-17(22)16(21)7-12)18-19(23)24-11-25-20(18)26/h4-5,7,10-11,13-14H,2-3,6,8-9,22H2,1H3,(H2,23,24,25). The van der Waals surface area contributed by atoms with Gasteiger partial charge in [0.05, 0.1) is 17.2 Å². The maximum Gasteiger partial charge on any atom is 0.146 e. The molecule has 6 nitrogen and oxygen atoms in total. The molecule has 0 amide bonds. The average Bonchev–Trinajstić information content (AvgIpc) is 3.00. The highest BCUT2D eigenvalue weighted by Crippen LogP contribution is 2.41. The zero-order chi connectivity index (χ0) is 19.0. The third-order valence-electron chi connectivity index (χ3n) is 5.26. The lowest BCUT2D eigenvalue weighted by Crippen LogP contribution is -2.33. The van der Waals surface area contributed by atoms with Crippen molar-refractivity contribution >= 4 is 22.5 Å². The highest BCUT2D eigenvalue weighted by atomic mass is 19.1. The highest BCUT2D eigenvalue weighted by Gasteiger charge is 2.33. The van der Waals surface area contributed by atoms with E-state index in [1.165, 1.54) is 12.4 Å². The zero-order valence-electron chi connectivity index (χ0n) is 15.4. The number of rotatable bonds is 6. The molecule has 4 rings (SSSR count). The first kappa shape index (κ1) is 17.7. The number of ether oxygens (including phenoxy) is 1. The van der Waals surface area contributed by atoms with E-state index in [0.717, 1.165) is 48.9 Å². The molecule has 1 aromatic carbocycles. The Balaban J connectivity index is 1.67. The molecule has 2 aromatic heterocycles. The van der Waals surface area contributed by atoms with Gasteiger partial charge in [0.1, 0.15) is 23.6 Å². The molecule has 4 N–H and O–H groups in total. The van der Waals surface area contributed by atoms with E-state index < -0.39 is 5.82 Å². The van der Waals surface area contributed by atoms with Crippen molar-refractivity contribution in [2.24, 2.45) is 0 Å². The summed E-state index contributed by atoms with van der Waals surface area (Å²) in [5, 5.41) is 0.747. The van der Waals surface area contributed by atoms with Crippen LogP contribution in [0.4, 0.5) is 15.9 Å². The fourth-order valence-corrected chi connectivity index (χ4v) is 3.60. The number of benzene rings is 1. The summed E-state index contributed by atoms with van der Waals surface area (Å²) in [6, 6.07) is 5.08. The van der Waals surface area contributed by atoms with Gasteiger partial charge in [0, 0.05) is 24.4 Å². The van der Waals surface area contributed by atoms with Gasteiger partial charge >= 0.3 is 0 Å². The van der Waals surface area contributed by atoms with Crippen molar-refractivity contribution in [2.75, 3.05) is 18.1 Å². The quantitative estimate of drug-likeness (QED) is 0.507. The Morgan fingerprint density at radius 2 is 2.07 bits per heavy atom. The Kier molecular flexibility index (Phi) is 4.70. The van der Waals surface area contributed by atoms with Crippen LogP contribution in [0.3, 0.4) is 0 Å². The lowest BCUT2D eigenvalue weighted by molar-refractivity contribution is -0.0258. The molecule has 0 saturated heterocycles. The molecule has 7 heteroatoms. The maximum absolute atomic E-state index is 14.0. The smallest absolute Gasteiger partial charge is 0.146 e. The second kappa shape index (κ2) is 7.15. The molecule has 0 unspecified atom stereocenters. The summed E-state index contributed by atoms with van der Waals surface area (Å²) in [4.78, 5) is 8.57. The number of aromatic nitrogens is 3. The van der Waals surface area contributed by atoms with E-state index in [9.17, 15) is 4.39 Å². The van der Waals surface area contributed by atoms with E-state index in [4.69, 9.17) is 16.2 Å². The largest absolute Gasteiger partial charge is 0.396 e. The number of fused-ring (bicyclic) bond motifs is 1. The van der Waals surface area contributed by atoms with Crippen LogP contribution in [0.25, 0.3) is 22.2 Å². The number of nitrogens with zero attached hydrogens (tertiary/aromatic N) is 3. The molecule has 0 bridgehead atoms. The molecule has 27 heavy (non-hydrogen) atoms. The van der Waals surface area contributed by atoms with Crippen LogP contribution in [-0.4, -0.2) is 27.2 Å². The van der Waals surface area contributed by atoms with Gasteiger partial charge in [0.25, 0.3) is 0 Å². The SMILES string of the molecule is CCCCOC1CC(n2cc(-c3ccc(N)c(F)c3)c3c(N)ncnc32)C1. The first-order valence-electron chi connectivity index (χ1n) is 9.36. The molecule has 0 spiro atoms. The summed E-state index contributed by atoms with van der Waals surface area (Å²) < 4.78 is 22.0. The second-order valence-electron chi connectivity index (χ2n) is 7.12. The third kappa shape index (κ3) is 3.23. The summed E-state index contributed by atoms with van der Waals surface area (Å²) >= 11 is 0. The number of nitrogen functional groups attached to an aromatic ring is 2. The Bertz CT molecular complexity index is 964. The average molecular weight is 369 g/mol. The molecule has 3 aromatic rings. The van der Waals surface area contributed by atoms with E-state index in [0.29, 0.717) is 17.4 Å². The van der Waals surface area contributed by atoms with Crippen LogP contribution in [0, 0.1) is 5.82 Å². The number of hydrogen-bond donors (Lipinski definition) is 2. The van der Waals surface area contributed by atoms with Crippen LogP contribution in [-0.2, 0) is 4.74 Å². The van der Waals surface area contributed by atoms with E-state index in [1.807, 2.05) is 6.20 Å². The Morgan fingerprint density at radius 1 is 1.26 bits per heavy atom. The normalized spacial score (nSPS) is 19.3. The first-order chi connectivity index (χ1) is 13.1. The van der Waals surface area contributed by atoms with Gasteiger partial charge in [-0.25, -0.2) is 14.4 Å². The van der Waals surface area contributed by atoms with Crippen LogP contribution >= 0.6 is 0 Å². The molecule has 1 fully saturated rings. The van der Waals surface area contributed by atoms with E-state index in [2.05, 4.69) is 21.5 Å². The topological polar surface area (TPSA) is 92.0 Å². The van der Waals surface area contributed by atoms with E-state index >= 15 is 0 Å². The van der Waals surface area contributed by atoms with Crippen molar-refractivity contribution in [3.8, 4) is 11.1 Å². The summed E-state index contributed by atoms with van der Waals surface area (Å²) in [6.45, 7) is 2.97. The van der Waals surface area contributed by atoms with Crippen LogP contribution in [0.2, 0.25) is 0 Å². The minimum Gasteiger partial charge on any atom is -0.396 e. The maximum atomic E-state index is 14.0. The minimum absolute atomic E-state index is 0.123. The second-order valence-corrected chi connectivity index (χ2v) is 7.12. The van der Waals surface area contributed by atoms with E-state index in [1.54, 1.807) is 12.1 Å². The number of hydrogen-bond acceptors (Lipinski definition) is 5. The van der Waals surface area contributed by atoms with Crippen LogP contribution in [0.1, 0.15) is 38.6 Å². The third-order valence-corrected chi connectivity index (χ3v) is 5.26.